The first-order valence-corrected chi connectivity index (χ1v) is 8.88. The minimum atomic E-state index is -0.924. The molecule has 0 spiro atoms. The molecule has 0 bridgehead atoms. The van der Waals surface area contributed by atoms with Crippen molar-refractivity contribution >= 4 is 64.0 Å². The number of anilines is 4. The maximum atomic E-state index is 13.0. The number of nitrogens with two attached hydrogens (primary N) is 2. The first kappa shape index (κ1) is 20.8. The Morgan fingerprint density at radius 3 is 2.41 bits per heavy atom. The molecular weight excluding hydrogens is 448 g/mol. The molecule has 0 saturated heterocycles. The summed E-state index contributed by atoms with van der Waals surface area (Å²) in [6.07, 6.45) is 0. The lowest BCUT2D eigenvalue weighted by Gasteiger charge is -2.10. The number of nitrogen functional groups attached to an aromatic ring is 2. The number of carbonyl (C=O) groups excluding carboxylic acids is 1. The fraction of sp³-hybridized carbons (Fsp3) is 0.0625. The largest absolute Gasteiger partial charge is 0.453 e. The van der Waals surface area contributed by atoms with Crippen LogP contribution in [0, 0.1) is 5.82 Å². The monoisotopic (exact) mass is 457 g/mol. The van der Waals surface area contributed by atoms with E-state index in [-0.39, 0.29) is 50.9 Å². The van der Waals surface area contributed by atoms with Crippen LogP contribution in [-0.2, 0) is 11.3 Å². The molecule has 150 valence electrons. The Morgan fingerprint density at radius 1 is 1.03 bits per heavy atom. The Bertz CT molecular complexity index is 1080. The third kappa shape index (κ3) is 4.91. The van der Waals surface area contributed by atoms with Crippen molar-refractivity contribution < 1.29 is 13.9 Å². The van der Waals surface area contributed by atoms with Crippen LogP contribution < -0.4 is 16.8 Å². The van der Waals surface area contributed by atoms with Crippen LogP contribution in [-0.4, -0.2) is 25.9 Å². The lowest BCUT2D eigenvalue weighted by Crippen LogP contribution is -2.13. The number of nitrogens with one attached hydrogen (secondary N) is 1. The Labute approximate surface area is 178 Å². The summed E-state index contributed by atoms with van der Waals surface area (Å²) in [5.74, 6) is -1.32. The summed E-state index contributed by atoms with van der Waals surface area (Å²) in [5.41, 5.74) is 11.4. The van der Waals surface area contributed by atoms with Gasteiger partial charge in [0.1, 0.15) is 10.8 Å². The quantitative estimate of drug-likeness (QED) is 0.386. The lowest BCUT2D eigenvalue weighted by atomic mass is 10.3. The fourth-order valence-corrected chi connectivity index (χ4v) is 2.67. The maximum Gasteiger partial charge on any atom is 0.359 e. The molecule has 2 heterocycles. The van der Waals surface area contributed by atoms with E-state index in [4.69, 9.17) is 51.0 Å². The molecule has 2 aromatic heterocycles. The zero-order valence-corrected chi connectivity index (χ0v) is 16.6. The molecule has 0 aliphatic heterocycles. The highest BCUT2D eigenvalue weighted by molar-refractivity contribution is 6.46. The molecule has 13 heteroatoms. The molecule has 0 aliphatic rings. The van der Waals surface area contributed by atoms with Gasteiger partial charge in [-0.25, -0.2) is 14.2 Å². The van der Waals surface area contributed by atoms with Gasteiger partial charge in [0, 0.05) is 5.69 Å². The van der Waals surface area contributed by atoms with Crippen molar-refractivity contribution in [2.45, 2.75) is 6.61 Å². The second-order valence-electron chi connectivity index (χ2n) is 5.43. The van der Waals surface area contributed by atoms with E-state index in [1.165, 1.54) is 24.3 Å². The van der Waals surface area contributed by atoms with Crippen LogP contribution in [0.5, 0.6) is 0 Å². The molecule has 9 nitrogen and oxygen atoms in total. The standard InChI is InChI=1S/C16H11Cl3FN7O2/c17-9-11(21)10(18)13(19)26-12(9)14(28)29-5-8-24-15(22)27-16(25-8)23-7-3-1-6(20)2-4-7/h1-4H,5H2,(H2,21,26)(H3,22,23,24,25,27). The van der Waals surface area contributed by atoms with Crippen LogP contribution in [0.25, 0.3) is 0 Å². The molecule has 0 amide bonds. The topological polar surface area (TPSA) is 142 Å². The minimum Gasteiger partial charge on any atom is -0.453 e. The number of nitrogens with zero attached hydrogens (tertiary/aromatic N) is 4. The van der Waals surface area contributed by atoms with E-state index in [2.05, 4.69) is 25.3 Å². The SMILES string of the molecule is Nc1nc(COC(=O)c2nc(Cl)c(Cl)c(N)c2Cl)nc(Nc2ccc(F)cc2)n1. The van der Waals surface area contributed by atoms with Crippen LogP contribution in [0.3, 0.4) is 0 Å². The van der Waals surface area contributed by atoms with E-state index in [0.717, 1.165) is 0 Å². The van der Waals surface area contributed by atoms with E-state index in [0.29, 0.717) is 5.69 Å². The molecule has 0 radical (unpaired) electrons. The van der Waals surface area contributed by atoms with Crippen molar-refractivity contribution in [2.75, 3.05) is 16.8 Å². The molecule has 0 atom stereocenters. The van der Waals surface area contributed by atoms with Gasteiger partial charge in [-0.05, 0) is 24.3 Å². The van der Waals surface area contributed by atoms with Gasteiger partial charge < -0.3 is 21.5 Å². The van der Waals surface area contributed by atoms with E-state index >= 15 is 0 Å². The predicted molar refractivity (Wildman–Crippen MR) is 107 cm³/mol. The van der Waals surface area contributed by atoms with Gasteiger partial charge in [0.15, 0.2) is 23.3 Å². The second-order valence-corrected chi connectivity index (χ2v) is 6.55. The van der Waals surface area contributed by atoms with E-state index < -0.39 is 11.8 Å². The maximum absolute atomic E-state index is 13.0. The fourth-order valence-electron chi connectivity index (χ4n) is 2.09. The number of esters is 1. The highest BCUT2D eigenvalue weighted by Gasteiger charge is 2.21. The third-order valence-corrected chi connectivity index (χ3v) is 4.53. The molecule has 0 fully saturated rings. The Morgan fingerprint density at radius 2 is 1.72 bits per heavy atom. The summed E-state index contributed by atoms with van der Waals surface area (Å²) in [6, 6.07) is 5.49. The summed E-state index contributed by atoms with van der Waals surface area (Å²) < 4.78 is 18.1. The Hall–Kier alpha value is -2.95. The average Bonchev–Trinajstić information content (AvgIpc) is 2.68. The Kier molecular flexibility index (Phi) is 6.16. The summed E-state index contributed by atoms with van der Waals surface area (Å²) in [5, 5.41) is 2.36. The number of benzene rings is 1. The number of ether oxygens (including phenoxy) is 1. The van der Waals surface area contributed by atoms with Gasteiger partial charge in [-0.1, -0.05) is 34.8 Å². The van der Waals surface area contributed by atoms with Gasteiger partial charge in [-0.15, -0.1) is 0 Å². The van der Waals surface area contributed by atoms with Gasteiger partial charge >= 0.3 is 5.97 Å². The molecule has 0 aliphatic carbocycles. The molecule has 0 saturated carbocycles. The second kappa shape index (κ2) is 8.60. The average molecular weight is 459 g/mol. The van der Waals surface area contributed by atoms with Gasteiger partial charge in [-0.2, -0.15) is 15.0 Å². The number of halogens is 4. The summed E-state index contributed by atoms with van der Waals surface area (Å²) in [7, 11) is 0. The highest BCUT2D eigenvalue weighted by atomic mass is 35.5. The molecular formula is C16H11Cl3FN7O2. The van der Waals surface area contributed by atoms with Crippen molar-refractivity contribution in [2.24, 2.45) is 0 Å². The van der Waals surface area contributed by atoms with Gasteiger partial charge in [0.2, 0.25) is 11.9 Å². The van der Waals surface area contributed by atoms with Crippen molar-refractivity contribution in [3.63, 3.8) is 0 Å². The van der Waals surface area contributed by atoms with Crippen LogP contribution in [0.15, 0.2) is 24.3 Å². The van der Waals surface area contributed by atoms with E-state index in [1.54, 1.807) is 0 Å². The molecule has 29 heavy (non-hydrogen) atoms. The normalized spacial score (nSPS) is 10.6. The highest BCUT2D eigenvalue weighted by Crippen LogP contribution is 2.34. The summed E-state index contributed by atoms with van der Waals surface area (Å²) in [6.45, 7) is -0.373. The molecule has 3 rings (SSSR count). The van der Waals surface area contributed by atoms with Crippen molar-refractivity contribution in [3.05, 3.63) is 56.8 Å². The smallest absolute Gasteiger partial charge is 0.359 e. The summed E-state index contributed by atoms with van der Waals surface area (Å²) in [4.78, 5) is 27.9. The number of hydrogen-bond donors (Lipinski definition) is 3. The number of hydrogen-bond acceptors (Lipinski definition) is 9. The molecule has 3 aromatic rings. The van der Waals surface area contributed by atoms with Crippen molar-refractivity contribution in [3.8, 4) is 0 Å². The van der Waals surface area contributed by atoms with Gasteiger partial charge in [0.25, 0.3) is 0 Å². The van der Waals surface area contributed by atoms with E-state index in [9.17, 15) is 9.18 Å². The molecule has 5 N–H and O–H groups in total. The van der Waals surface area contributed by atoms with Crippen LogP contribution in [0.1, 0.15) is 16.3 Å². The number of aromatic nitrogens is 4. The first-order valence-electron chi connectivity index (χ1n) is 7.74. The van der Waals surface area contributed by atoms with E-state index in [1.807, 2.05) is 0 Å². The lowest BCUT2D eigenvalue weighted by molar-refractivity contribution is 0.0455. The predicted octanol–water partition coefficient (Wildman–Crippen LogP) is 3.63. The van der Waals surface area contributed by atoms with Crippen LogP contribution >= 0.6 is 34.8 Å². The number of pyridine rings is 1. The number of carbonyl (C=O) groups is 1. The van der Waals surface area contributed by atoms with Crippen molar-refractivity contribution in [1.82, 2.24) is 19.9 Å². The summed E-state index contributed by atoms with van der Waals surface area (Å²) >= 11 is 17.6. The van der Waals surface area contributed by atoms with Crippen LogP contribution in [0.4, 0.5) is 27.7 Å². The molecule has 1 aromatic carbocycles. The first-order chi connectivity index (χ1) is 13.7. The van der Waals surface area contributed by atoms with Crippen molar-refractivity contribution in [1.29, 1.82) is 0 Å². The zero-order valence-electron chi connectivity index (χ0n) is 14.3. The third-order valence-electron chi connectivity index (χ3n) is 3.40. The number of rotatable bonds is 5. The van der Waals surface area contributed by atoms with Gasteiger partial charge in [0.05, 0.1) is 10.7 Å². The minimum absolute atomic E-state index is 0.0413. The van der Waals surface area contributed by atoms with Crippen LogP contribution in [0.2, 0.25) is 15.2 Å². The Balaban J connectivity index is 1.75. The molecule has 0 unspecified atom stereocenters. The van der Waals surface area contributed by atoms with Gasteiger partial charge in [-0.3, -0.25) is 0 Å². The zero-order chi connectivity index (χ0) is 21.1.